The van der Waals surface area contributed by atoms with Crippen LogP contribution in [0.1, 0.15) is 5.56 Å². The molecule has 4 rings (SSSR count). The van der Waals surface area contributed by atoms with Crippen LogP contribution in [0.2, 0.25) is 15.1 Å². The van der Waals surface area contributed by atoms with Gasteiger partial charge in [0.25, 0.3) is 23.4 Å². The standard InChI is InChI=1S/C25H15Cl3N4O7/c26-18-7-2-14(11-19(18)27)29-22(33)12-39-21-8-1-13(10-20(21)28)9-17-23(34)30-25(36)31(24(17)35)15-3-5-16(6-4-15)32(37)38/h1-11H,12H2,(H,29,33)(H,30,34,36)/b17-9-. The molecular weight excluding hydrogens is 575 g/mol. The lowest BCUT2D eigenvalue weighted by Gasteiger charge is -2.26. The van der Waals surface area contributed by atoms with Crippen molar-refractivity contribution in [3.8, 4) is 5.75 Å². The maximum atomic E-state index is 13.0. The smallest absolute Gasteiger partial charge is 0.335 e. The Hall–Kier alpha value is -4.45. The van der Waals surface area contributed by atoms with Crippen LogP contribution in [-0.4, -0.2) is 35.3 Å². The fraction of sp³-hybridized carbons (Fsp3) is 0.0400. The molecule has 3 aromatic carbocycles. The lowest BCUT2D eigenvalue weighted by molar-refractivity contribution is -0.384. The number of hydrogen-bond donors (Lipinski definition) is 2. The summed E-state index contributed by atoms with van der Waals surface area (Å²) in [7, 11) is 0. The van der Waals surface area contributed by atoms with Crippen molar-refractivity contribution < 1.29 is 28.8 Å². The van der Waals surface area contributed by atoms with E-state index in [-0.39, 0.29) is 39.3 Å². The molecule has 1 aliphatic rings. The maximum Gasteiger partial charge on any atom is 0.335 e. The Morgan fingerprint density at radius 2 is 1.69 bits per heavy atom. The minimum Gasteiger partial charge on any atom is -0.482 e. The number of nitro benzene ring substituents is 1. The quantitative estimate of drug-likeness (QED) is 0.166. The average Bonchev–Trinajstić information content (AvgIpc) is 2.88. The number of nitrogens with zero attached hydrogens (tertiary/aromatic N) is 2. The van der Waals surface area contributed by atoms with Gasteiger partial charge in [-0.3, -0.25) is 29.8 Å². The van der Waals surface area contributed by atoms with Gasteiger partial charge in [0.2, 0.25) is 0 Å². The molecular formula is C25H15Cl3N4O7. The number of non-ortho nitro benzene ring substituents is 1. The molecule has 39 heavy (non-hydrogen) atoms. The fourth-order valence-electron chi connectivity index (χ4n) is 3.42. The number of nitrogens with one attached hydrogen (secondary N) is 2. The first-order chi connectivity index (χ1) is 18.5. The molecule has 1 heterocycles. The second kappa shape index (κ2) is 11.5. The molecule has 198 valence electrons. The molecule has 1 aliphatic heterocycles. The topological polar surface area (TPSA) is 148 Å². The third-order valence-corrected chi connectivity index (χ3v) is 6.28. The first-order valence-electron chi connectivity index (χ1n) is 10.9. The van der Waals surface area contributed by atoms with Crippen LogP contribution >= 0.6 is 34.8 Å². The largest absolute Gasteiger partial charge is 0.482 e. The number of rotatable bonds is 7. The van der Waals surface area contributed by atoms with Gasteiger partial charge in [-0.25, -0.2) is 9.69 Å². The number of anilines is 2. The van der Waals surface area contributed by atoms with Gasteiger partial charge in [-0.05, 0) is 54.1 Å². The van der Waals surface area contributed by atoms with Crippen molar-refractivity contribution in [1.29, 1.82) is 0 Å². The minimum absolute atomic E-state index is 0.0300. The highest BCUT2D eigenvalue weighted by molar-refractivity contribution is 6.42. The molecule has 0 radical (unpaired) electrons. The molecule has 0 atom stereocenters. The Bertz CT molecular complexity index is 1560. The van der Waals surface area contributed by atoms with E-state index >= 15 is 0 Å². The number of barbiturate groups is 1. The zero-order valence-electron chi connectivity index (χ0n) is 19.4. The van der Waals surface area contributed by atoms with Gasteiger partial charge in [-0.2, -0.15) is 0 Å². The molecule has 0 unspecified atom stereocenters. The van der Waals surface area contributed by atoms with Crippen LogP contribution in [0, 0.1) is 10.1 Å². The number of carbonyl (C=O) groups excluding carboxylic acids is 4. The molecule has 0 spiro atoms. The van der Waals surface area contributed by atoms with Gasteiger partial charge in [-0.15, -0.1) is 0 Å². The van der Waals surface area contributed by atoms with Crippen LogP contribution in [0.25, 0.3) is 6.08 Å². The first kappa shape index (κ1) is 27.6. The second-order valence-electron chi connectivity index (χ2n) is 7.89. The first-order valence-corrected chi connectivity index (χ1v) is 12.0. The number of ether oxygens (including phenoxy) is 1. The molecule has 1 fully saturated rings. The SMILES string of the molecule is O=C(COc1ccc(/C=C2/C(=O)NC(=O)N(c3ccc([N+](=O)[O-])cc3)C2=O)cc1Cl)Nc1ccc(Cl)c(Cl)c1. The predicted molar refractivity (Wildman–Crippen MR) is 144 cm³/mol. The summed E-state index contributed by atoms with van der Waals surface area (Å²) in [5.41, 5.74) is 0.159. The zero-order valence-corrected chi connectivity index (χ0v) is 21.7. The van der Waals surface area contributed by atoms with E-state index in [2.05, 4.69) is 10.6 Å². The summed E-state index contributed by atoms with van der Waals surface area (Å²) in [5, 5.41) is 16.2. The number of nitro groups is 1. The van der Waals surface area contributed by atoms with Crippen LogP contribution in [0.4, 0.5) is 21.9 Å². The summed E-state index contributed by atoms with van der Waals surface area (Å²) in [6, 6.07) is 12.6. The molecule has 14 heteroatoms. The number of carbonyl (C=O) groups is 4. The van der Waals surface area contributed by atoms with Crippen molar-refractivity contribution in [3.05, 3.63) is 97.0 Å². The fourth-order valence-corrected chi connectivity index (χ4v) is 3.96. The zero-order chi connectivity index (χ0) is 28.3. The Morgan fingerprint density at radius 3 is 2.33 bits per heavy atom. The summed E-state index contributed by atoms with van der Waals surface area (Å²) in [4.78, 5) is 60.9. The van der Waals surface area contributed by atoms with Crippen LogP contribution < -0.4 is 20.3 Å². The van der Waals surface area contributed by atoms with Gasteiger partial charge < -0.3 is 10.1 Å². The van der Waals surface area contributed by atoms with E-state index in [9.17, 15) is 29.3 Å². The van der Waals surface area contributed by atoms with Crippen LogP contribution in [0.3, 0.4) is 0 Å². The highest BCUT2D eigenvalue weighted by Gasteiger charge is 2.37. The predicted octanol–water partition coefficient (Wildman–Crippen LogP) is 5.24. The van der Waals surface area contributed by atoms with Gasteiger partial charge in [0, 0.05) is 17.8 Å². The third kappa shape index (κ3) is 6.34. The van der Waals surface area contributed by atoms with Gasteiger partial charge in [0.05, 0.1) is 25.7 Å². The molecule has 0 bridgehead atoms. The van der Waals surface area contributed by atoms with Crippen molar-refractivity contribution in [2.75, 3.05) is 16.8 Å². The van der Waals surface area contributed by atoms with Crippen molar-refractivity contribution >= 4 is 81.7 Å². The lowest BCUT2D eigenvalue weighted by Crippen LogP contribution is -2.54. The Morgan fingerprint density at radius 1 is 0.974 bits per heavy atom. The number of amides is 5. The number of imide groups is 2. The van der Waals surface area contributed by atoms with E-state index in [0.29, 0.717) is 21.2 Å². The molecule has 0 aliphatic carbocycles. The minimum atomic E-state index is -1.00. The molecule has 11 nitrogen and oxygen atoms in total. The number of urea groups is 1. The maximum absolute atomic E-state index is 13.0. The van der Waals surface area contributed by atoms with Crippen LogP contribution in [-0.2, 0) is 14.4 Å². The Kier molecular flexibility index (Phi) is 8.15. The van der Waals surface area contributed by atoms with Gasteiger partial charge >= 0.3 is 6.03 Å². The molecule has 0 aromatic heterocycles. The summed E-state index contributed by atoms with van der Waals surface area (Å²) in [6.45, 7) is -0.381. The number of benzene rings is 3. The number of hydrogen-bond acceptors (Lipinski definition) is 7. The normalized spacial score (nSPS) is 14.3. The summed E-state index contributed by atoms with van der Waals surface area (Å²) >= 11 is 18.1. The molecule has 0 saturated carbocycles. The van der Waals surface area contributed by atoms with Gasteiger partial charge in [-0.1, -0.05) is 40.9 Å². The van der Waals surface area contributed by atoms with Gasteiger partial charge in [0.1, 0.15) is 11.3 Å². The Labute approximate surface area is 235 Å². The molecule has 5 amide bonds. The third-order valence-electron chi connectivity index (χ3n) is 5.25. The van der Waals surface area contributed by atoms with E-state index in [0.717, 1.165) is 12.1 Å². The summed E-state index contributed by atoms with van der Waals surface area (Å²) < 4.78 is 5.46. The van der Waals surface area contributed by atoms with Crippen molar-refractivity contribution in [2.45, 2.75) is 0 Å². The number of halogens is 3. The van der Waals surface area contributed by atoms with Gasteiger partial charge in [0.15, 0.2) is 6.61 Å². The molecule has 1 saturated heterocycles. The highest BCUT2D eigenvalue weighted by atomic mass is 35.5. The van der Waals surface area contributed by atoms with Crippen molar-refractivity contribution in [3.63, 3.8) is 0 Å². The monoisotopic (exact) mass is 588 g/mol. The lowest BCUT2D eigenvalue weighted by atomic mass is 10.1. The Balaban J connectivity index is 1.47. The van der Waals surface area contributed by atoms with E-state index in [1.807, 2.05) is 0 Å². The molecule has 2 N–H and O–H groups in total. The molecule has 3 aromatic rings. The van der Waals surface area contributed by atoms with Crippen molar-refractivity contribution in [2.24, 2.45) is 0 Å². The highest BCUT2D eigenvalue weighted by Crippen LogP contribution is 2.29. The summed E-state index contributed by atoms with van der Waals surface area (Å²) in [5.74, 6) is -2.20. The summed E-state index contributed by atoms with van der Waals surface area (Å²) in [6.07, 6.45) is 1.22. The van der Waals surface area contributed by atoms with Crippen LogP contribution in [0.5, 0.6) is 5.75 Å². The van der Waals surface area contributed by atoms with E-state index in [4.69, 9.17) is 39.5 Å². The van der Waals surface area contributed by atoms with E-state index < -0.39 is 28.7 Å². The van der Waals surface area contributed by atoms with E-state index in [1.54, 1.807) is 6.07 Å². The average molecular weight is 590 g/mol. The van der Waals surface area contributed by atoms with E-state index in [1.165, 1.54) is 48.5 Å². The van der Waals surface area contributed by atoms with Crippen molar-refractivity contribution in [1.82, 2.24) is 5.32 Å². The second-order valence-corrected chi connectivity index (χ2v) is 9.11. The van der Waals surface area contributed by atoms with Crippen LogP contribution in [0.15, 0.2) is 66.2 Å².